The van der Waals surface area contributed by atoms with Crippen molar-refractivity contribution in [3.05, 3.63) is 0 Å². The van der Waals surface area contributed by atoms with Crippen molar-refractivity contribution in [2.75, 3.05) is 6.54 Å². The summed E-state index contributed by atoms with van der Waals surface area (Å²) < 4.78 is 0. The standard InChI is InChI=1S/C14H24N2O/c15-14(8-9-14)13(17)16-10-4-7-12(16)11-5-2-1-3-6-11/h11-12H,1-10,15H2. The molecule has 0 aromatic carbocycles. The van der Waals surface area contributed by atoms with Crippen LogP contribution < -0.4 is 5.73 Å². The van der Waals surface area contributed by atoms with Gasteiger partial charge in [0.05, 0.1) is 5.54 Å². The van der Waals surface area contributed by atoms with E-state index in [1.54, 1.807) is 0 Å². The fourth-order valence-corrected chi connectivity index (χ4v) is 3.69. The van der Waals surface area contributed by atoms with E-state index in [-0.39, 0.29) is 5.91 Å². The van der Waals surface area contributed by atoms with Crippen LogP contribution in [-0.2, 0) is 4.79 Å². The molecule has 1 atom stereocenters. The predicted molar refractivity (Wildman–Crippen MR) is 67.5 cm³/mol. The van der Waals surface area contributed by atoms with Crippen LogP contribution in [0.2, 0.25) is 0 Å². The van der Waals surface area contributed by atoms with Crippen molar-refractivity contribution in [2.45, 2.75) is 69.4 Å². The minimum atomic E-state index is -0.461. The summed E-state index contributed by atoms with van der Waals surface area (Å²) in [6.07, 6.45) is 11.0. The third kappa shape index (κ3) is 2.10. The molecule has 0 aromatic heterocycles. The van der Waals surface area contributed by atoms with Gasteiger partial charge in [-0.25, -0.2) is 0 Å². The first-order valence-electron chi connectivity index (χ1n) is 7.31. The molecule has 17 heavy (non-hydrogen) atoms. The van der Waals surface area contributed by atoms with Gasteiger partial charge in [-0.05, 0) is 44.4 Å². The molecule has 3 aliphatic rings. The second kappa shape index (κ2) is 4.27. The predicted octanol–water partition coefficient (Wildman–Crippen LogP) is 2.05. The number of carbonyl (C=O) groups is 1. The van der Waals surface area contributed by atoms with Crippen LogP contribution in [0.25, 0.3) is 0 Å². The number of carbonyl (C=O) groups excluding carboxylic acids is 1. The van der Waals surface area contributed by atoms with Crippen LogP contribution in [0.1, 0.15) is 57.8 Å². The van der Waals surface area contributed by atoms with Crippen LogP contribution in [0.4, 0.5) is 0 Å². The van der Waals surface area contributed by atoms with E-state index in [4.69, 9.17) is 5.73 Å². The Hall–Kier alpha value is -0.570. The quantitative estimate of drug-likeness (QED) is 0.797. The molecule has 96 valence electrons. The molecule has 1 heterocycles. The lowest BCUT2D eigenvalue weighted by molar-refractivity contribution is -0.135. The van der Waals surface area contributed by atoms with Gasteiger partial charge < -0.3 is 10.6 Å². The first-order chi connectivity index (χ1) is 8.21. The molecular weight excluding hydrogens is 212 g/mol. The summed E-state index contributed by atoms with van der Waals surface area (Å²) in [4.78, 5) is 14.5. The smallest absolute Gasteiger partial charge is 0.242 e. The van der Waals surface area contributed by atoms with Crippen molar-refractivity contribution >= 4 is 5.91 Å². The topological polar surface area (TPSA) is 46.3 Å². The molecule has 2 N–H and O–H groups in total. The highest BCUT2D eigenvalue weighted by Crippen LogP contribution is 2.39. The van der Waals surface area contributed by atoms with Gasteiger partial charge in [0.2, 0.25) is 5.91 Å². The molecule has 0 radical (unpaired) electrons. The number of nitrogens with two attached hydrogens (primary N) is 1. The van der Waals surface area contributed by atoms with Crippen molar-refractivity contribution < 1.29 is 4.79 Å². The summed E-state index contributed by atoms with van der Waals surface area (Å²) in [5, 5.41) is 0. The van der Waals surface area contributed by atoms with Crippen molar-refractivity contribution in [2.24, 2.45) is 11.7 Å². The van der Waals surface area contributed by atoms with Crippen LogP contribution in [0, 0.1) is 5.92 Å². The average molecular weight is 236 g/mol. The highest BCUT2D eigenvalue weighted by atomic mass is 16.2. The fourth-order valence-electron chi connectivity index (χ4n) is 3.69. The summed E-state index contributed by atoms with van der Waals surface area (Å²) in [5.41, 5.74) is 5.61. The maximum Gasteiger partial charge on any atom is 0.242 e. The molecule has 3 rings (SSSR count). The lowest BCUT2D eigenvalue weighted by Gasteiger charge is -2.35. The zero-order chi connectivity index (χ0) is 11.9. The summed E-state index contributed by atoms with van der Waals surface area (Å²) in [5.74, 6) is 1.02. The Morgan fingerprint density at radius 3 is 2.41 bits per heavy atom. The Labute approximate surface area is 104 Å². The van der Waals surface area contributed by atoms with Crippen molar-refractivity contribution in [3.63, 3.8) is 0 Å². The van der Waals surface area contributed by atoms with Crippen LogP contribution >= 0.6 is 0 Å². The van der Waals surface area contributed by atoms with Crippen molar-refractivity contribution in [1.82, 2.24) is 4.90 Å². The molecule has 3 heteroatoms. The largest absolute Gasteiger partial charge is 0.338 e. The minimum absolute atomic E-state index is 0.255. The lowest BCUT2D eigenvalue weighted by Crippen LogP contribution is -2.49. The maximum absolute atomic E-state index is 12.4. The molecule has 3 fully saturated rings. The van der Waals surface area contributed by atoms with E-state index >= 15 is 0 Å². The SMILES string of the molecule is NC1(C(=O)N2CCCC2C2CCCCC2)CC1. The number of rotatable bonds is 2. The van der Waals surface area contributed by atoms with Crippen LogP contribution in [0.15, 0.2) is 0 Å². The Bertz CT molecular complexity index is 305. The number of amides is 1. The van der Waals surface area contributed by atoms with Gasteiger partial charge in [-0.3, -0.25) is 4.79 Å². The zero-order valence-electron chi connectivity index (χ0n) is 10.7. The third-order valence-electron chi connectivity index (χ3n) is 4.97. The van der Waals surface area contributed by atoms with E-state index in [1.165, 1.54) is 44.9 Å². The third-order valence-corrected chi connectivity index (χ3v) is 4.97. The number of hydrogen-bond donors (Lipinski definition) is 1. The second-order valence-electron chi connectivity index (χ2n) is 6.26. The lowest BCUT2D eigenvalue weighted by atomic mass is 9.83. The maximum atomic E-state index is 12.4. The van der Waals surface area contributed by atoms with Gasteiger partial charge in [0, 0.05) is 12.6 Å². The highest BCUT2D eigenvalue weighted by molar-refractivity contribution is 5.89. The van der Waals surface area contributed by atoms with Crippen LogP contribution in [-0.4, -0.2) is 28.9 Å². The van der Waals surface area contributed by atoms with E-state index in [9.17, 15) is 4.79 Å². The molecule has 2 aliphatic carbocycles. The molecule has 1 unspecified atom stereocenters. The second-order valence-corrected chi connectivity index (χ2v) is 6.26. The molecule has 1 saturated heterocycles. The Kier molecular flexibility index (Phi) is 2.89. The van der Waals surface area contributed by atoms with Gasteiger partial charge >= 0.3 is 0 Å². The summed E-state index contributed by atoms with van der Waals surface area (Å²) in [6, 6.07) is 0.517. The van der Waals surface area contributed by atoms with Crippen molar-refractivity contribution in [1.29, 1.82) is 0 Å². The average Bonchev–Trinajstić information content (AvgIpc) is 2.95. The van der Waals surface area contributed by atoms with Gasteiger partial charge in [0.25, 0.3) is 0 Å². The molecule has 1 amide bonds. The monoisotopic (exact) mass is 236 g/mol. The molecule has 2 saturated carbocycles. The summed E-state index contributed by atoms with van der Waals surface area (Å²) in [6.45, 7) is 0.957. The summed E-state index contributed by atoms with van der Waals surface area (Å²) in [7, 11) is 0. The molecule has 0 aromatic rings. The van der Waals surface area contributed by atoms with Gasteiger partial charge in [-0.2, -0.15) is 0 Å². The van der Waals surface area contributed by atoms with Gasteiger partial charge in [0.1, 0.15) is 0 Å². The molecule has 0 spiro atoms. The van der Waals surface area contributed by atoms with Gasteiger partial charge in [0.15, 0.2) is 0 Å². The number of nitrogens with zero attached hydrogens (tertiary/aromatic N) is 1. The first-order valence-corrected chi connectivity index (χ1v) is 7.31. The van der Waals surface area contributed by atoms with Crippen molar-refractivity contribution in [3.8, 4) is 0 Å². The normalized spacial score (nSPS) is 32.8. The molecular formula is C14H24N2O. The first kappa shape index (κ1) is 11.5. The highest BCUT2D eigenvalue weighted by Gasteiger charge is 2.50. The van der Waals surface area contributed by atoms with E-state index in [0.29, 0.717) is 6.04 Å². The Morgan fingerprint density at radius 1 is 1.06 bits per heavy atom. The Morgan fingerprint density at radius 2 is 1.76 bits per heavy atom. The van der Waals surface area contributed by atoms with Crippen LogP contribution in [0.5, 0.6) is 0 Å². The van der Waals surface area contributed by atoms with Gasteiger partial charge in [-0.15, -0.1) is 0 Å². The summed E-state index contributed by atoms with van der Waals surface area (Å²) >= 11 is 0. The minimum Gasteiger partial charge on any atom is -0.338 e. The van der Waals surface area contributed by atoms with E-state index < -0.39 is 5.54 Å². The molecule has 0 bridgehead atoms. The number of likely N-dealkylation sites (tertiary alicyclic amines) is 1. The molecule has 3 nitrogen and oxygen atoms in total. The molecule has 1 aliphatic heterocycles. The van der Waals surface area contributed by atoms with E-state index in [1.807, 2.05) is 0 Å². The van der Waals surface area contributed by atoms with Gasteiger partial charge in [-0.1, -0.05) is 19.3 Å². The van der Waals surface area contributed by atoms with E-state index in [2.05, 4.69) is 4.90 Å². The fraction of sp³-hybridized carbons (Fsp3) is 0.929. The van der Waals surface area contributed by atoms with E-state index in [0.717, 1.165) is 25.3 Å². The zero-order valence-corrected chi connectivity index (χ0v) is 10.7. The van der Waals surface area contributed by atoms with Crippen LogP contribution in [0.3, 0.4) is 0 Å². The number of hydrogen-bond acceptors (Lipinski definition) is 2. The Balaban J connectivity index is 1.68.